The quantitative estimate of drug-likeness (QED) is 0.858. The van der Waals surface area contributed by atoms with Gasteiger partial charge in [-0.2, -0.15) is 0 Å². The summed E-state index contributed by atoms with van der Waals surface area (Å²) in [7, 11) is 2.12. The topological polar surface area (TPSA) is 58.4 Å². The van der Waals surface area contributed by atoms with E-state index in [1.54, 1.807) is 0 Å². The molecule has 4 heteroatoms. The molecule has 1 saturated heterocycles. The number of carbonyl (C=O) groups excluding carboxylic acids is 1. The molecule has 1 aliphatic rings. The van der Waals surface area contributed by atoms with Crippen molar-refractivity contribution in [3.63, 3.8) is 0 Å². The molecule has 0 aromatic heterocycles. The molecule has 0 aliphatic carbocycles. The Morgan fingerprint density at radius 3 is 2.84 bits per heavy atom. The third-order valence-electron chi connectivity index (χ3n) is 3.87. The van der Waals surface area contributed by atoms with Gasteiger partial charge in [0.2, 0.25) is 5.91 Å². The summed E-state index contributed by atoms with van der Waals surface area (Å²) in [5.41, 5.74) is 6.82. The Labute approximate surface area is 115 Å². The van der Waals surface area contributed by atoms with Crippen molar-refractivity contribution >= 4 is 5.91 Å². The molecule has 1 aliphatic heterocycles. The lowest BCUT2D eigenvalue weighted by Gasteiger charge is -2.32. The van der Waals surface area contributed by atoms with Crippen LogP contribution in [0, 0.1) is 0 Å². The number of benzene rings is 1. The average molecular weight is 261 g/mol. The van der Waals surface area contributed by atoms with Gasteiger partial charge < -0.3 is 16.0 Å². The third-order valence-corrected chi connectivity index (χ3v) is 3.87. The Bertz CT molecular complexity index is 407. The van der Waals surface area contributed by atoms with Crippen molar-refractivity contribution in [1.82, 2.24) is 10.2 Å². The van der Waals surface area contributed by atoms with E-state index >= 15 is 0 Å². The largest absolute Gasteiger partial charge is 0.353 e. The summed E-state index contributed by atoms with van der Waals surface area (Å²) in [5, 5.41) is 2.98. The number of carbonyl (C=O) groups is 1. The molecule has 1 fully saturated rings. The summed E-state index contributed by atoms with van der Waals surface area (Å²) in [6, 6.07) is 9.36. The van der Waals surface area contributed by atoms with Crippen LogP contribution in [0.15, 0.2) is 30.3 Å². The van der Waals surface area contributed by atoms with Crippen LogP contribution in [0.3, 0.4) is 0 Å². The molecule has 1 unspecified atom stereocenters. The summed E-state index contributed by atoms with van der Waals surface area (Å²) in [6.45, 7) is 1.81. The van der Waals surface area contributed by atoms with Gasteiger partial charge in [0.1, 0.15) is 6.04 Å². The lowest BCUT2D eigenvalue weighted by atomic mass is 10.0. The normalized spacial score (nSPS) is 21.9. The van der Waals surface area contributed by atoms with Crippen molar-refractivity contribution in [2.24, 2.45) is 5.73 Å². The Balaban J connectivity index is 1.84. The van der Waals surface area contributed by atoms with E-state index < -0.39 is 6.04 Å². The summed E-state index contributed by atoms with van der Waals surface area (Å²) in [6.07, 6.45) is 3.65. The molecule has 0 saturated carbocycles. The SMILES string of the molecule is CN1CCCCC1CNC(=O)[C@H](N)c1ccccc1. The van der Waals surface area contributed by atoms with E-state index in [1.165, 1.54) is 12.8 Å². The second-order valence-corrected chi connectivity index (χ2v) is 5.26. The Morgan fingerprint density at radius 2 is 2.16 bits per heavy atom. The number of nitrogens with two attached hydrogens (primary N) is 1. The fourth-order valence-corrected chi connectivity index (χ4v) is 2.54. The minimum absolute atomic E-state index is 0.0924. The van der Waals surface area contributed by atoms with Gasteiger partial charge in [0.25, 0.3) is 0 Å². The maximum absolute atomic E-state index is 12.0. The maximum atomic E-state index is 12.0. The summed E-state index contributed by atoms with van der Waals surface area (Å²) in [5.74, 6) is -0.0924. The number of nitrogens with zero attached hydrogens (tertiary/aromatic N) is 1. The van der Waals surface area contributed by atoms with E-state index in [0.29, 0.717) is 12.6 Å². The second-order valence-electron chi connectivity index (χ2n) is 5.26. The highest BCUT2D eigenvalue weighted by Gasteiger charge is 2.21. The van der Waals surface area contributed by atoms with Crippen LogP contribution in [0.4, 0.5) is 0 Å². The van der Waals surface area contributed by atoms with Crippen LogP contribution in [-0.2, 0) is 4.79 Å². The highest BCUT2D eigenvalue weighted by molar-refractivity contribution is 5.82. The molecule has 104 valence electrons. The standard InChI is InChI=1S/C15H23N3O/c1-18-10-6-5-9-13(18)11-17-15(19)14(16)12-7-3-2-4-8-12/h2-4,7-8,13-14H,5-6,9-11,16H2,1H3,(H,17,19)/t13?,14-/m1/s1. The molecule has 1 amide bonds. The number of hydrogen-bond donors (Lipinski definition) is 2. The van der Waals surface area contributed by atoms with Crippen molar-refractivity contribution in [3.05, 3.63) is 35.9 Å². The van der Waals surface area contributed by atoms with Crippen LogP contribution in [0.25, 0.3) is 0 Å². The number of rotatable bonds is 4. The van der Waals surface area contributed by atoms with Crippen molar-refractivity contribution in [2.75, 3.05) is 20.1 Å². The molecule has 2 rings (SSSR count). The lowest BCUT2D eigenvalue weighted by Crippen LogP contribution is -2.46. The smallest absolute Gasteiger partial charge is 0.241 e. The van der Waals surface area contributed by atoms with Crippen LogP contribution >= 0.6 is 0 Å². The first-order valence-corrected chi connectivity index (χ1v) is 6.97. The van der Waals surface area contributed by atoms with Gasteiger partial charge in [-0.15, -0.1) is 0 Å². The molecule has 0 radical (unpaired) electrons. The van der Waals surface area contributed by atoms with Gasteiger partial charge in [-0.1, -0.05) is 36.8 Å². The molecular weight excluding hydrogens is 238 g/mol. The van der Waals surface area contributed by atoms with E-state index in [0.717, 1.165) is 18.5 Å². The van der Waals surface area contributed by atoms with Gasteiger partial charge in [0, 0.05) is 12.6 Å². The number of hydrogen-bond acceptors (Lipinski definition) is 3. The number of amides is 1. The number of nitrogens with one attached hydrogen (secondary N) is 1. The van der Waals surface area contributed by atoms with Gasteiger partial charge in [0.15, 0.2) is 0 Å². The van der Waals surface area contributed by atoms with E-state index in [1.807, 2.05) is 30.3 Å². The molecular formula is C15H23N3O. The van der Waals surface area contributed by atoms with Crippen molar-refractivity contribution in [3.8, 4) is 0 Å². The van der Waals surface area contributed by atoms with Crippen molar-refractivity contribution in [1.29, 1.82) is 0 Å². The van der Waals surface area contributed by atoms with E-state index in [4.69, 9.17) is 5.73 Å². The Hall–Kier alpha value is -1.39. The van der Waals surface area contributed by atoms with Crippen molar-refractivity contribution in [2.45, 2.75) is 31.3 Å². The molecule has 19 heavy (non-hydrogen) atoms. The number of likely N-dealkylation sites (tertiary alicyclic amines) is 1. The molecule has 1 heterocycles. The van der Waals surface area contributed by atoms with Crippen LogP contribution in [-0.4, -0.2) is 37.0 Å². The van der Waals surface area contributed by atoms with Gasteiger partial charge in [0.05, 0.1) is 0 Å². The first-order valence-electron chi connectivity index (χ1n) is 6.97. The monoisotopic (exact) mass is 261 g/mol. The maximum Gasteiger partial charge on any atom is 0.241 e. The molecule has 3 N–H and O–H groups in total. The summed E-state index contributed by atoms with van der Waals surface area (Å²) >= 11 is 0. The molecule has 0 spiro atoms. The van der Waals surface area contributed by atoms with E-state index in [9.17, 15) is 4.79 Å². The average Bonchev–Trinajstić information content (AvgIpc) is 2.46. The molecule has 0 bridgehead atoms. The highest BCUT2D eigenvalue weighted by Crippen LogP contribution is 2.14. The van der Waals surface area contributed by atoms with E-state index in [2.05, 4.69) is 17.3 Å². The minimum atomic E-state index is -0.574. The second kappa shape index (κ2) is 6.68. The van der Waals surface area contributed by atoms with Crippen LogP contribution in [0.1, 0.15) is 30.9 Å². The molecule has 1 aromatic rings. The van der Waals surface area contributed by atoms with Gasteiger partial charge in [-0.25, -0.2) is 0 Å². The molecule has 4 nitrogen and oxygen atoms in total. The molecule has 1 aromatic carbocycles. The van der Waals surface area contributed by atoms with Crippen molar-refractivity contribution < 1.29 is 4.79 Å². The Kier molecular flexibility index (Phi) is 4.93. The van der Waals surface area contributed by atoms with Crippen LogP contribution in [0.5, 0.6) is 0 Å². The Morgan fingerprint density at radius 1 is 1.42 bits per heavy atom. The zero-order valence-electron chi connectivity index (χ0n) is 11.5. The van der Waals surface area contributed by atoms with Gasteiger partial charge in [-0.3, -0.25) is 4.79 Å². The van der Waals surface area contributed by atoms with E-state index in [-0.39, 0.29) is 5.91 Å². The zero-order chi connectivity index (χ0) is 13.7. The molecule has 2 atom stereocenters. The fourth-order valence-electron chi connectivity index (χ4n) is 2.54. The number of likely N-dealkylation sites (N-methyl/N-ethyl adjacent to an activating group) is 1. The highest BCUT2D eigenvalue weighted by atomic mass is 16.2. The minimum Gasteiger partial charge on any atom is -0.353 e. The zero-order valence-corrected chi connectivity index (χ0v) is 11.5. The summed E-state index contributed by atoms with van der Waals surface area (Å²) in [4.78, 5) is 14.4. The predicted octanol–water partition coefficient (Wildman–Crippen LogP) is 1.29. The number of piperidine rings is 1. The van der Waals surface area contributed by atoms with Crippen LogP contribution in [0.2, 0.25) is 0 Å². The first kappa shape index (κ1) is 14.0. The van der Waals surface area contributed by atoms with Gasteiger partial charge >= 0.3 is 0 Å². The predicted molar refractivity (Wildman–Crippen MR) is 76.6 cm³/mol. The third kappa shape index (κ3) is 3.78. The summed E-state index contributed by atoms with van der Waals surface area (Å²) < 4.78 is 0. The fraction of sp³-hybridized carbons (Fsp3) is 0.533. The lowest BCUT2D eigenvalue weighted by molar-refractivity contribution is -0.122. The first-order chi connectivity index (χ1) is 9.18. The van der Waals surface area contributed by atoms with Crippen LogP contribution < -0.4 is 11.1 Å². The van der Waals surface area contributed by atoms with Gasteiger partial charge in [-0.05, 0) is 32.0 Å².